The zero-order valence-electron chi connectivity index (χ0n) is 9.35. The van der Waals surface area contributed by atoms with Gasteiger partial charge < -0.3 is 9.84 Å². The third-order valence-corrected chi connectivity index (χ3v) is 2.23. The molecule has 0 fully saturated rings. The maximum atomic E-state index is 10.8. The number of ether oxygens (including phenoxy) is 1. The van der Waals surface area contributed by atoms with Crippen LogP contribution in [-0.2, 0) is 18.4 Å². The van der Waals surface area contributed by atoms with E-state index in [-0.39, 0.29) is 12.2 Å². The number of allylic oxidation sites excluding steroid dienone is 1. The van der Waals surface area contributed by atoms with Gasteiger partial charge in [-0.3, -0.25) is 4.68 Å². The summed E-state index contributed by atoms with van der Waals surface area (Å²) in [5.41, 5.74) is 0.789. The van der Waals surface area contributed by atoms with Crippen LogP contribution in [0.2, 0.25) is 0 Å². The van der Waals surface area contributed by atoms with Crippen molar-refractivity contribution in [3.8, 4) is 0 Å². The van der Waals surface area contributed by atoms with E-state index in [1.54, 1.807) is 7.05 Å². The Morgan fingerprint density at radius 3 is 3.12 bits per heavy atom. The van der Waals surface area contributed by atoms with Gasteiger partial charge in [-0.2, -0.15) is 5.10 Å². The van der Waals surface area contributed by atoms with Crippen molar-refractivity contribution in [2.24, 2.45) is 7.05 Å². The number of aryl methyl sites for hydroxylation is 1. The number of carboxylic acids is 1. The molecular weight excluding hydrogens is 208 g/mol. The van der Waals surface area contributed by atoms with Crippen molar-refractivity contribution in [1.82, 2.24) is 9.78 Å². The molecule has 0 saturated heterocycles. The van der Waals surface area contributed by atoms with E-state index in [2.05, 4.69) is 11.7 Å². The van der Waals surface area contributed by atoms with E-state index in [0.717, 1.165) is 12.8 Å². The Labute approximate surface area is 94.3 Å². The normalized spacial score (nSPS) is 10.3. The van der Waals surface area contributed by atoms with Crippen molar-refractivity contribution >= 4 is 5.97 Å². The summed E-state index contributed by atoms with van der Waals surface area (Å²) in [5, 5.41) is 12.8. The van der Waals surface area contributed by atoms with Crippen molar-refractivity contribution < 1.29 is 14.6 Å². The number of carboxylic acid groups (broad SMARTS) is 1. The average molecular weight is 224 g/mol. The second-order valence-corrected chi connectivity index (χ2v) is 3.42. The largest absolute Gasteiger partial charge is 0.478 e. The molecule has 16 heavy (non-hydrogen) atoms. The van der Waals surface area contributed by atoms with E-state index in [1.165, 1.54) is 10.9 Å². The summed E-state index contributed by atoms with van der Waals surface area (Å²) in [6.45, 7) is 4.48. The van der Waals surface area contributed by atoms with Crippen LogP contribution in [0.15, 0.2) is 18.9 Å². The number of hydrogen-bond donors (Lipinski definition) is 1. The summed E-state index contributed by atoms with van der Waals surface area (Å²) in [7, 11) is 1.70. The lowest BCUT2D eigenvalue weighted by Gasteiger charge is -2.05. The SMILES string of the molecule is C=CCCCOCc1c(C(=O)O)cnn1C. The molecule has 1 aromatic heterocycles. The fourth-order valence-corrected chi connectivity index (χ4v) is 1.31. The number of nitrogens with zero attached hydrogens (tertiary/aromatic N) is 2. The molecule has 1 aromatic rings. The third kappa shape index (κ3) is 3.20. The maximum Gasteiger partial charge on any atom is 0.339 e. The molecule has 5 heteroatoms. The molecule has 0 aromatic carbocycles. The minimum Gasteiger partial charge on any atom is -0.478 e. The maximum absolute atomic E-state index is 10.8. The standard InChI is InChI=1S/C11H16N2O3/c1-3-4-5-6-16-8-10-9(11(14)15)7-12-13(10)2/h3,7H,1,4-6,8H2,2H3,(H,14,15). The highest BCUT2D eigenvalue weighted by molar-refractivity contribution is 5.88. The predicted molar refractivity (Wildman–Crippen MR) is 59.3 cm³/mol. The van der Waals surface area contributed by atoms with Crippen LogP contribution in [-0.4, -0.2) is 27.5 Å². The van der Waals surface area contributed by atoms with Crippen LogP contribution in [0, 0.1) is 0 Å². The molecule has 0 spiro atoms. The van der Waals surface area contributed by atoms with Crippen LogP contribution in [0.3, 0.4) is 0 Å². The zero-order chi connectivity index (χ0) is 12.0. The van der Waals surface area contributed by atoms with E-state index in [1.807, 2.05) is 6.08 Å². The van der Waals surface area contributed by atoms with E-state index in [4.69, 9.17) is 9.84 Å². The van der Waals surface area contributed by atoms with Gasteiger partial charge in [-0.15, -0.1) is 6.58 Å². The summed E-state index contributed by atoms with van der Waals surface area (Å²) in [6, 6.07) is 0. The highest BCUT2D eigenvalue weighted by atomic mass is 16.5. The molecule has 1 heterocycles. The highest BCUT2D eigenvalue weighted by Gasteiger charge is 2.14. The van der Waals surface area contributed by atoms with Crippen molar-refractivity contribution in [2.45, 2.75) is 19.4 Å². The second kappa shape index (κ2) is 6.07. The third-order valence-electron chi connectivity index (χ3n) is 2.23. The average Bonchev–Trinajstić information content (AvgIpc) is 2.60. The molecule has 0 aliphatic carbocycles. The molecular formula is C11H16N2O3. The van der Waals surface area contributed by atoms with Crippen molar-refractivity contribution in [1.29, 1.82) is 0 Å². The number of aromatic nitrogens is 2. The Balaban J connectivity index is 2.49. The lowest BCUT2D eigenvalue weighted by Crippen LogP contribution is -2.07. The fraction of sp³-hybridized carbons (Fsp3) is 0.455. The number of carbonyl (C=O) groups is 1. The van der Waals surface area contributed by atoms with Crippen LogP contribution >= 0.6 is 0 Å². The number of unbranched alkanes of at least 4 members (excludes halogenated alkanes) is 1. The first kappa shape index (κ1) is 12.4. The van der Waals surface area contributed by atoms with E-state index in [0.29, 0.717) is 12.3 Å². The van der Waals surface area contributed by atoms with Gasteiger partial charge in [0.25, 0.3) is 0 Å². The second-order valence-electron chi connectivity index (χ2n) is 3.42. The van der Waals surface area contributed by atoms with Crippen LogP contribution < -0.4 is 0 Å². The molecule has 0 bridgehead atoms. The summed E-state index contributed by atoms with van der Waals surface area (Å²) < 4.78 is 6.90. The molecule has 0 aliphatic rings. The quantitative estimate of drug-likeness (QED) is 0.564. The van der Waals surface area contributed by atoms with Gasteiger partial charge in [0, 0.05) is 13.7 Å². The Hall–Kier alpha value is -1.62. The molecule has 0 amide bonds. The van der Waals surface area contributed by atoms with Crippen LogP contribution in [0.25, 0.3) is 0 Å². The van der Waals surface area contributed by atoms with Gasteiger partial charge in [-0.1, -0.05) is 6.08 Å². The van der Waals surface area contributed by atoms with Gasteiger partial charge in [0.2, 0.25) is 0 Å². The first-order valence-corrected chi connectivity index (χ1v) is 5.09. The molecule has 88 valence electrons. The smallest absolute Gasteiger partial charge is 0.339 e. The highest BCUT2D eigenvalue weighted by Crippen LogP contribution is 2.09. The minimum atomic E-state index is -0.974. The predicted octanol–water partition coefficient (Wildman–Crippen LogP) is 1.60. The molecule has 0 aliphatic heterocycles. The first-order chi connectivity index (χ1) is 7.66. The summed E-state index contributed by atoms with van der Waals surface area (Å²) >= 11 is 0. The zero-order valence-corrected chi connectivity index (χ0v) is 9.35. The molecule has 1 N–H and O–H groups in total. The topological polar surface area (TPSA) is 64.3 Å². The summed E-state index contributed by atoms with van der Waals surface area (Å²) in [4.78, 5) is 10.8. The minimum absolute atomic E-state index is 0.200. The number of hydrogen-bond acceptors (Lipinski definition) is 3. The van der Waals surface area contributed by atoms with Crippen LogP contribution in [0.1, 0.15) is 28.9 Å². The van der Waals surface area contributed by atoms with Gasteiger partial charge in [-0.05, 0) is 12.8 Å². The van der Waals surface area contributed by atoms with Gasteiger partial charge in [0.15, 0.2) is 0 Å². The van der Waals surface area contributed by atoms with E-state index < -0.39 is 5.97 Å². The summed E-state index contributed by atoms with van der Waals surface area (Å²) in [5.74, 6) is -0.974. The molecule has 0 atom stereocenters. The molecule has 5 nitrogen and oxygen atoms in total. The summed E-state index contributed by atoms with van der Waals surface area (Å²) in [6.07, 6.45) is 4.96. The number of rotatable bonds is 7. The lowest BCUT2D eigenvalue weighted by atomic mass is 10.2. The van der Waals surface area contributed by atoms with Gasteiger partial charge in [0.1, 0.15) is 5.56 Å². The van der Waals surface area contributed by atoms with E-state index in [9.17, 15) is 4.79 Å². The van der Waals surface area contributed by atoms with Gasteiger partial charge in [0.05, 0.1) is 18.5 Å². The molecule has 0 radical (unpaired) electrons. The Kier molecular flexibility index (Phi) is 4.72. The fourth-order valence-electron chi connectivity index (χ4n) is 1.31. The lowest BCUT2D eigenvalue weighted by molar-refractivity contribution is 0.0685. The van der Waals surface area contributed by atoms with Gasteiger partial charge in [-0.25, -0.2) is 4.79 Å². The monoisotopic (exact) mass is 224 g/mol. The molecule has 0 saturated carbocycles. The first-order valence-electron chi connectivity index (χ1n) is 5.09. The molecule has 1 rings (SSSR count). The van der Waals surface area contributed by atoms with Gasteiger partial charge >= 0.3 is 5.97 Å². The van der Waals surface area contributed by atoms with Crippen LogP contribution in [0.5, 0.6) is 0 Å². The van der Waals surface area contributed by atoms with E-state index >= 15 is 0 Å². The molecule has 0 unspecified atom stereocenters. The van der Waals surface area contributed by atoms with Crippen LogP contribution in [0.4, 0.5) is 0 Å². The number of aromatic carboxylic acids is 1. The van der Waals surface area contributed by atoms with Crippen molar-refractivity contribution in [3.05, 3.63) is 30.1 Å². The Morgan fingerprint density at radius 2 is 2.50 bits per heavy atom. The Morgan fingerprint density at radius 1 is 1.75 bits per heavy atom. The van der Waals surface area contributed by atoms with Crippen molar-refractivity contribution in [2.75, 3.05) is 6.61 Å². The van der Waals surface area contributed by atoms with Crippen molar-refractivity contribution in [3.63, 3.8) is 0 Å². The Bertz CT molecular complexity index is 371.